The van der Waals surface area contributed by atoms with Crippen LogP contribution in [-0.4, -0.2) is 16.1 Å². The topological polar surface area (TPSA) is 50.2 Å². The molecule has 0 aliphatic heterocycles. The van der Waals surface area contributed by atoms with Gasteiger partial charge in [-0.25, -0.2) is 4.98 Å². The van der Waals surface area contributed by atoms with Gasteiger partial charge in [0.1, 0.15) is 0 Å². The minimum Gasteiger partial charge on any atom is -0.481 e. The zero-order valence-corrected chi connectivity index (χ0v) is 12.1. The number of pyridine rings is 1. The fourth-order valence-electron chi connectivity index (χ4n) is 3.51. The van der Waals surface area contributed by atoms with Gasteiger partial charge in [-0.05, 0) is 62.5 Å². The summed E-state index contributed by atoms with van der Waals surface area (Å²) >= 11 is 0. The van der Waals surface area contributed by atoms with E-state index in [0.717, 1.165) is 31.2 Å². The average molecular weight is 279 g/mol. The Balaban J connectivity index is 2.04. The highest BCUT2D eigenvalue weighted by Gasteiger charge is 2.31. The Morgan fingerprint density at radius 2 is 2.10 bits per heavy atom. The molecule has 0 radical (unpaired) electrons. The molecule has 0 saturated heterocycles. The number of rotatable bonds is 4. The number of carboxylic acids is 1. The van der Waals surface area contributed by atoms with E-state index < -0.39 is 5.97 Å². The zero-order valence-electron chi connectivity index (χ0n) is 12.1. The van der Waals surface area contributed by atoms with Crippen molar-refractivity contribution in [2.75, 3.05) is 0 Å². The minimum atomic E-state index is -0.679. The van der Waals surface area contributed by atoms with Crippen molar-refractivity contribution in [3.05, 3.63) is 29.3 Å². The van der Waals surface area contributed by atoms with Gasteiger partial charge in [0.05, 0.1) is 5.92 Å². The third kappa shape index (κ3) is 3.00. The van der Waals surface area contributed by atoms with Crippen LogP contribution in [0.25, 0.3) is 0 Å². The third-order valence-corrected chi connectivity index (χ3v) is 4.72. The number of carbonyl (C=O) groups is 1. The van der Waals surface area contributed by atoms with E-state index in [1.165, 1.54) is 6.20 Å². The molecule has 1 aliphatic carbocycles. The maximum absolute atomic E-state index is 13.5. The zero-order chi connectivity index (χ0) is 14.7. The van der Waals surface area contributed by atoms with Gasteiger partial charge in [0.25, 0.3) is 0 Å². The Morgan fingerprint density at radius 3 is 2.65 bits per heavy atom. The van der Waals surface area contributed by atoms with Crippen molar-refractivity contribution in [1.82, 2.24) is 4.98 Å². The first-order valence-corrected chi connectivity index (χ1v) is 7.38. The van der Waals surface area contributed by atoms with Crippen LogP contribution in [0, 0.1) is 24.7 Å². The molecule has 1 aromatic rings. The van der Waals surface area contributed by atoms with Gasteiger partial charge in [0, 0.05) is 11.8 Å². The number of nitrogens with zero attached hydrogens (tertiary/aromatic N) is 1. The van der Waals surface area contributed by atoms with E-state index in [0.29, 0.717) is 17.9 Å². The minimum absolute atomic E-state index is 0.230. The third-order valence-electron chi connectivity index (χ3n) is 4.72. The lowest BCUT2D eigenvalue weighted by Gasteiger charge is -2.32. The number of aliphatic carboxylic acids is 1. The fourth-order valence-corrected chi connectivity index (χ4v) is 3.51. The first-order chi connectivity index (χ1) is 9.54. The maximum atomic E-state index is 13.5. The summed E-state index contributed by atoms with van der Waals surface area (Å²) in [5, 5.41) is 9.23. The second-order valence-electron chi connectivity index (χ2n) is 5.78. The van der Waals surface area contributed by atoms with Gasteiger partial charge in [-0.15, -0.1) is 0 Å². The summed E-state index contributed by atoms with van der Waals surface area (Å²) in [4.78, 5) is 14.9. The quantitative estimate of drug-likeness (QED) is 0.850. The fraction of sp³-hybridized carbons (Fsp3) is 0.625. The van der Waals surface area contributed by atoms with Crippen LogP contribution in [0.15, 0.2) is 12.3 Å². The molecule has 20 heavy (non-hydrogen) atoms. The molecular formula is C16H22FNO2. The van der Waals surface area contributed by atoms with Crippen molar-refractivity contribution in [2.24, 2.45) is 11.8 Å². The van der Waals surface area contributed by atoms with Crippen LogP contribution in [0.3, 0.4) is 0 Å². The molecule has 0 amide bonds. The predicted molar refractivity (Wildman–Crippen MR) is 75.0 cm³/mol. The van der Waals surface area contributed by atoms with E-state index in [2.05, 4.69) is 4.98 Å². The summed E-state index contributed by atoms with van der Waals surface area (Å²) in [6.07, 6.45) is 5.93. The van der Waals surface area contributed by atoms with Crippen LogP contribution >= 0.6 is 0 Å². The van der Waals surface area contributed by atoms with Crippen molar-refractivity contribution >= 4 is 5.97 Å². The van der Waals surface area contributed by atoms with E-state index in [-0.39, 0.29) is 17.8 Å². The van der Waals surface area contributed by atoms with Crippen molar-refractivity contribution in [1.29, 1.82) is 0 Å². The molecule has 1 atom stereocenters. The van der Waals surface area contributed by atoms with E-state index >= 15 is 0 Å². The molecular weight excluding hydrogens is 257 g/mol. The smallest absolute Gasteiger partial charge is 0.306 e. The lowest BCUT2D eigenvalue weighted by atomic mass is 9.72. The molecule has 2 rings (SSSR count). The lowest BCUT2D eigenvalue weighted by molar-refractivity contribution is -0.144. The summed E-state index contributed by atoms with van der Waals surface area (Å²) < 4.78 is 13.5. The largest absolute Gasteiger partial charge is 0.481 e. The first kappa shape index (κ1) is 14.9. The van der Waals surface area contributed by atoms with Crippen molar-refractivity contribution in [2.45, 2.75) is 51.9 Å². The molecule has 0 bridgehead atoms. The van der Waals surface area contributed by atoms with E-state index in [1.807, 2.05) is 13.0 Å². The highest BCUT2D eigenvalue weighted by atomic mass is 19.1. The van der Waals surface area contributed by atoms with Gasteiger partial charge in [-0.3, -0.25) is 4.79 Å². The van der Waals surface area contributed by atoms with Crippen LogP contribution in [0.1, 0.15) is 56.1 Å². The highest BCUT2D eigenvalue weighted by Crippen LogP contribution is 2.40. The number of hydrogen-bond acceptors (Lipinski definition) is 2. The molecule has 1 fully saturated rings. The number of halogens is 1. The monoisotopic (exact) mass is 279 g/mol. The van der Waals surface area contributed by atoms with Crippen molar-refractivity contribution in [3.63, 3.8) is 0 Å². The predicted octanol–water partition coefficient (Wildman–Crippen LogP) is 3.91. The maximum Gasteiger partial charge on any atom is 0.306 e. The van der Waals surface area contributed by atoms with Crippen molar-refractivity contribution < 1.29 is 14.3 Å². The van der Waals surface area contributed by atoms with Crippen LogP contribution in [-0.2, 0) is 4.79 Å². The molecule has 1 unspecified atom stereocenters. The standard InChI is InChI=1S/C16H22FNO2/c1-3-13(16(19)20)11-4-6-12(7-5-11)14-8-9-18-15(17)10(14)2/h8-9,11-13H,3-7H2,1-2H3,(H,19,20). The Bertz CT molecular complexity index is 481. The molecule has 0 aromatic carbocycles. The van der Waals surface area contributed by atoms with E-state index in [4.69, 9.17) is 0 Å². The average Bonchev–Trinajstić information content (AvgIpc) is 2.43. The molecule has 110 valence electrons. The van der Waals surface area contributed by atoms with E-state index in [9.17, 15) is 14.3 Å². The molecule has 1 saturated carbocycles. The summed E-state index contributed by atoms with van der Waals surface area (Å²) in [7, 11) is 0. The molecule has 1 N–H and O–H groups in total. The normalized spacial score (nSPS) is 24.4. The Labute approximate surface area is 119 Å². The highest BCUT2D eigenvalue weighted by molar-refractivity contribution is 5.70. The van der Waals surface area contributed by atoms with Gasteiger partial charge in [-0.2, -0.15) is 4.39 Å². The van der Waals surface area contributed by atoms with Gasteiger partial charge in [0.15, 0.2) is 0 Å². The molecule has 0 spiro atoms. The lowest BCUT2D eigenvalue weighted by Crippen LogP contribution is -2.27. The van der Waals surface area contributed by atoms with Gasteiger partial charge < -0.3 is 5.11 Å². The SMILES string of the molecule is CCC(C(=O)O)C1CCC(c2ccnc(F)c2C)CC1. The number of carboxylic acid groups (broad SMARTS) is 1. The summed E-state index contributed by atoms with van der Waals surface area (Å²) in [6.45, 7) is 3.71. The van der Waals surface area contributed by atoms with Crippen LogP contribution < -0.4 is 0 Å². The Kier molecular flexibility index (Phi) is 4.73. The van der Waals surface area contributed by atoms with Crippen LogP contribution in [0.4, 0.5) is 4.39 Å². The second kappa shape index (κ2) is 6.33. The summed E-state index contributed by atoms with van der Waals surface area (Å²) in [6, 6.07) is 1.90. The molecule has 4 heteroatoms. The van der Waals surface area contributed by atoms with Crippen LogP contribution in [0.2, 0.25) is 0 Å². The van der Waals surface area contributed by atoms with Gasteiger partial charge >= 0.3 is 5.97 Å². The summed E-state index contributed by atoms with van der Waals surface area (Å²) in [5.74, 6) is -0.689. The van der Waals surface area contributed by atoms with E-state index in [1.54, 1.807) is 6.92 Å². The molecule has 1 aliphatic rings. The number of aromatic nitrogens is 1. The Morgan fingerprint density at radius 1 is 1.45 bits per heavy atom. The molecule has 3 nitrogen and oxygen atoms in total. The van der Waals surface area contributed by atoms with Gasteiger partial charge in [0.2, 0.25) is 5.95 Å². The Hall–Kier alpha value is -1.45. The number of hydrogen-bond donors (Lipinski definition) is 1. The summed E-state index contributed by atoms with van der Waals surface area (Å²) in [5.41, 5.74) is 1.68. The second-order valence-corrected chi connectivity index (χ2v) is 5.78. The first-order valence-electron chi connectivity index (χ1n) is 7.38. The van der Waals surface area contributed by atoms with Crippen LogP contribution in [0.5, 0.6) is 0 Å². The van der Waals surface area contributed by atoms with Gasteiger partial charge in [-0.1, -0.05) is 6.92 Å². The molecule has 1 aromatic heterocycles. The molecule has 1 heterocycles. The van der Waals surface area contributed by atoms with Crippen molar-refractivity contribution in [3.8, 4) is 0 Å².